The maximum atomic E-state index is 12.8. The van der Waals surface area contributed by atoms with E-state index in [4.69, 9.17) is 8.94 Å². The molecular weight excluding hydrogens is 308 g/mol. The average Bonchev–Trinajstić information content (AvgIpc) is 3.28. The summed E-state index contributed by atoms with van der Waals surface area (Å²) in [4.78, 5) is 23.3. The van der Waals surface area contributed by atoms with E-state index < -0.39 is 0 Å². The van der Waals surface area contributed by atoms with Crippen molar-refractivity contribution < 1.29 is 13.7 Å². The Morgan fingerprint density at radius 3 is 2.96 bits per heavy atom. The lowest BCUT2D eigenvalue weighted by Crippen LogP contribution is -2.35. The number of aryl methyl sites for hydroxylation is 1. The molecule has 0 N–H and O–H groups in total. The van der Waals surface area contributed by atoms with Crippen molar-refractivity contribution in [3.05, 3.63) is 29.6 Å². The second kappa shape index (κ2) is 5.43. The van der Waals surface area contributed by atoms with Crippen molar-refractivity contribution in [2.45, 2.75) is 51.4 Å². The summed E-state index contributed by atoms with van der Waals surface area (Å²) in [6.45, 7) is 7.20. The number of oxazole rings is 1. The molecule has 1 aliphatic carbocycles. The van der Waals surface area contributed by atoms with Crippen molar-refractivity contribution >= 4 is 5.91 Å². The minimum absolute atomic E-state index is 0.0950. The SMILES string of the molecule is Cc1ncoc1C(=O)N1C[C@@H]2CCC[C@]2(c2nc(C(C)C)no2)C1. The van der Waals surface area contributed by atoms with Gasteiger partial charge in [0.15, 0.2) is 12.2 Å². The van der Waals surface area contributed by atoms with Crippen LogP contribution in [0.4, 0.5) is 0 Å². The van der Waals surface area contributed by atoms with Crippen molar-refractivity contribution in [2.75, 3.05) is 13.1 Å². The fourth-order valence-electron chi connectivity index (χ4n) is 4.12. The van der Waals surface area contributed by atoms with Crippen LogP contribution in [0.15, 0.2) is 15.3 Å². The van der Waals surface area contributed by atoms with E-state index in [1.54, 1.807) is 6.92 Å². The van der Waals surface area contributed by atoms with E-state index in [1.807, 2.05) is 4.90 Å². The third kappa shape index (κ3) is 2.17. The first-order valence-electron chi connectivity index (χ1n) is 8.54. The molecule has 0 bridgehead atoms. The Labute approximate surface area is 140 Å². The summed E-state index contributed by atoms with van der Waals surface area (Å²) in [5, 5.41) is 4.13. The van der Waals surface area contributed by atoms with E-state index >= 15 is 0 Å². The fourth-order valence-corrected chi connectivity index (χ4v) is 4.12. The van der Waals surface area contributed by atoms with Crippen LogP contribution in [0.25, 0.3) is 0 Å². The Morgan fingerprint density at radius 2 is 2.29 bits per heavy atom. The molecule has 1 amide bonds. The molecule has 0 radical (unpaired) electrons. The van der Waals surface area contributed by atoms with E-state index in [9.17, 15) is 4.79 Å². The quantitative estimate of drug-likeness (QED) is 0.860. The minimum atomic E-state index is -0.205. The van der Waals surface area contributed by atoms with E-state index in [1.165, 1.54) is 6.39 Å². The summed E-state index contributed by atoms with van der Waals surface area (Å²) >= 11 is 0. The molecule has 2 atom stereocenters. The number of amides is 1. The molecule has 0 spiro atoms. The third-order valence-electron chi connectivity index (χ3n) is 5.48. The minimum Gasteiger partial charge on any atom is -0.438 e. The lowest BCUT2D eigenvalue weighted by atomic mass is 9.80. The lowest BCUT2D eigenvalue weighted by Gasteiger charge is -2.24. The van der Waals surface area contributed by atoms with Crippen molar-refractivity contribution in [3.63, 3.8) is 0 Å². The van der Waals surface area contributed by atoms with Gasteiger partial charge in [-0.05, 0) is 25.7 Å². The van der Waals surface area contributed by atoms with Crippen molar-refractivity contribution in [3.8, 4) is 0 Å². The summed E-state index contributed by atoms with van der Waals surface area (Å²) in [7, 11) is 0. The number of carbonyl (C=O) groups excluding carboxylic acids is 1. The van der Waals surface area contributed by atoms with Gasteiger partial charge in [-0.25, -0.2) is 4.98 Å². The molecule has 1 saturated heterocycles. The Balaban J connectivity index is 1.63. The largest absolute Gasteiger partial charge is 0.438 e. The number of likely N-dealkylation sites (tertiary alicyclic amines) is 1. The van der Waals surface area contributed by atoms with E-state index in [2.05, 4.69) is 29.0 Å². The molecule has 2 aliphatic rings. The summed E-state index contributed by atoms with van der Waals surface area (Å²) in [6, 6.07) is 0. The van der Waals surface area contributed by atoms with E-state index in [0.29, 0.717) is 36.4 Å². The predicted molar refractivity (Wildman–Crippen MR) is 84.5 cm³/mol. The summed E-state index contributed by atoms with van der Waals surface area (Å²) in [5.74, 6) is 2.26. The molecule has 2 fully saturated rings. The molecule has 7 nitrogen and oxygen atoms in total. The molecule has 4 rings (SSSR count). The number of nitrogens with zero attached hydrogens (tertiary/aromatic N) is 4. The van der Waals surface area contributed by atoms with Gasteiger partial charge >= 0.3 is 0 Å². The highest BCUT2D eigenvalue weighted by molar-refractivity contribution is 5.92. The number of hydrogen-bond acceptors (Lipinski definition) is 6. The summed E-state index contributed by atoms with van der Waals surface area (Å²) in [5.41, 5.74) is 0.426. The average molecular weight is 330 g/mol. The molecule has 7 heteroatoms. The van der Waals surface area contributed by atoms with Gasteiger partial charge in [0.05, 0.1) is 11.1 Å². The van der Waals surface area contributed by atoms with Gasteiger partial charge in [-0.2, -0.15) is 4.98 Å². The van der Waals surface area contributed by atoms with Crippen LogP contribution in [0, 0.1) is 12.8 Å². The predicted octanol–water partition coefficient (Wildman–Crippen LogP) is 2.68. The van der Waals surface area contributed by atoms with Gasteiger partial charge in [0.25, 0.3) is 5.91 Å². The normalized spacial score (nSPS) is 26.3. The fraction of sp³-hybridized carbons (Fsp3) is 0.647. The van der Waals surface area contributed by atoms with Crippen LogP contribution in [-0.2, 0) is 5.41 Å². The Hall–Kier alpha value is -2.18. The number of hydrogen-bond donors (Lipinski definition) is 0. The summed E-state index contributed by atoms with van der Waals surface area (Å²) < 4.78 is 10.9. The summed E-state index contributed by atoms with van der Waals surface area (Å²) in [6.07, 6.45) is 4.52. The molecule has 0 unspecified atom stereocenters. The van der Waals surface area contributed by atoms with Gasteiger partial charge < -0.3 is 13.8 Å². The Kier molecular flexibility index (Phi) is 3.47. The maximum absolute atomic E-state index is 12.8. The van der Waals surface area contributed by atoms with Crippen molar-refractivity contribution in [1.29, 1.82) is 0 Å². The molecule has 2 aromatic rings. The molecule has 2 aromatic heterocycles. The van der Waals surface area contributed by atoms with Gasteiger partial charge in [-0.3, -0.25) is 4.79 Å². The highest BCUT2D eigenvalue weighted by atomic mass is 16.5. The first kappa shape index (κ1) is 15.4. The number of carbonyl (C=O) groups is 1. The van der Waals surface area contributed by atoms with Crippen LogP contribution in [0.5, 0.6) is 0 Å². The molecule has 1 aliphatic heterocycles. The van der Waals surface area contributed by atoms with E-state index in [0.717, 1.165) is 25.1 Å². The van der Waals surface area contributed by atoms with Gasteiger partial charge in [0, 0.05) is 19.0 Å². The van der Waals surface area contributed by atoms with Crippen LogP contribution in [-0.4, -0.2) is 39.0 Å². The molecular formula is C17H22N4O3. The van der Waals surface area contributed by atoms with Gasteiger partial charge in [-0.15, -0.1) is 0 Å². The van der Waals surface area contributed by atoms with Gasteiger partial charge in [0.2, 0.25) is 11.7 Å². The molecule has 24 heavy (non-hydrogen) atoms. The van der Waals surface area contributed by atoms with E-state index in [-0.39, 0.29) is 17.2 Å². The Bertz CT molecular complexity index is 765. The van der Waals surface area contributed by atoms with Crippen molar-refractivity contribution in [1.82, 2.24) is 20.0 Å². The zero-order valence-corrected chi connectivity index (χ0v) is 14.3. The monoisotopic (exact) mass is 330 g/mol. The topological polar surface area (TPSA) is 85.3 Å². The first-order chi connectivity index (χ1) is 11.5. The third-order valence-corrected chi connectivity index (χ3v) is 5.48. The maximum Gasteiger partial charge on any atom is 0.291 e. The van der Waals surface area contributed by atoms with Crippen LogP contribution in [0.2, 0.25) is 0 Å². The van der Waals surface area contributed by atoms with Crippen LogP contribution < -0.4 is 0 Å². The number of rotatable bonds is 3. The smallest absolute Gasteiger partial charge is 0.291 e. The second-order valence-corrected chi connectivity index (χ2v) is 7.31. The second-order valence-electron chi connectivity index (χ2n) is 7.31. The first-order valence-corrected chi connectivity index (χ1v) is 8.54. The number of aromatic nitrogens is 3. The van der Waals surface area contributed by atoms with Crippen LogP contribution in [0.3, 0.4) is 0 Å². The molecule has 3 heterocycles. The van der Waals surface area contributed by atoms with Crippen LogP contribution in [0.1, 0.15) is 67.0 Å². The standard InChI is InChI=1S/C17H22N4O3/c1-10(2)14-19-16(24-20-14)17-6-4-5-12(17)7-21(8-17)15(22)13-11(3)18-9-23-13/h9-10,12H,4-8H2,1-3H3/t12-,17-/m0/s1. The van der Waals surface area contributed by atoms with Crippen LogP contribution >= 0.6 is 0 Å². The molecule has 0 aromatic carbocycles. The Morgan fingerprint density at radius 1 is 1.46 bits per heavy atom. The zero-order chi connectivity index (χ0) is 16.9. The molecule has 128 valence electrons. The lowest BCUT2D eigenvalue weighted by molar-refractivity contribution is 0.0742. The van der Waals surface area contributed by atoms with Gasteiger partial charge in [0.1, 0.15) is 0 Å². The molecule has 1 saturated carbocycles. The highest BCUT2D eigenvalue weighted by Gasteiger charge is 2.55. The number of fused-ring (bicyclic) bond motifs is 1. The zero-order valence-electron chi connectivity index (χ0n) is 14.3. The van der Waals surface area contributed by atoms with Crippen molar-refractivity contribution in [2.24, 2.45) is 5.92 Å². The van der Waals surface area contributed by atoms with Gasteiger partial charge in [-0.1, -0.05) is 25.4 Å². The highest BCUT2D eigenvalue weighted by Crippen LogP contribution is 2.50.